The molecule has 7 heteroatoms. The molecule has 0 spiro atoms. The number of nitrogens with zero attached hydrogens (tertiary/aromatic N) is 6. The van der Waals surface area contributed by atoms with Crippen LogP contribution in [0.1, 0.15) is 11.1 Å². The Bertz CT molecular complexity index is 761. The summed E-state index contributed by atoms with van der Waals surface area (Å²) in [5, 5.41) is 0.180. The largest absolute Gasteiger partial charge is 0.332 e. The minimum atomic E-state index is 0.180. The number of halogens is 1. The minimum Gasteiger partial charge on any atom is -0.332 e. The van der Waals surface area contributed by atoms with Gasteiger partial charge in [0.2, 0.25) is 17.2 Å². The zero-order valence-electron chi connectivity index (χ0n) is 11.0. The Morgan fingerprint density at radius 3 is 2.33 bits per heavy atom. The van der Waals surface area contributed by atoms with Crippen molar-refractivity contribution in [2.24, 2.45) is 0 Å². The van der Waals surface area contributed by atoms with E-state index >= 15 is 0 Å². The summed E-state index contributed by atoms with van der Waals surface area (Å²) in [6.07, 6.45) is 5.07. The molecule has 3 heterocycles. The van der Waals surface area contributed by atoms with E-state index in [2.05, 4.69) is 37.0 Å². The molecule has 1 aliphatic heterocycles. The molecule has 21 heavy (non-hydrogen) atoms. The lowest BCUT2D eigenvalue weighted by Crippen LogP contribution is -2.19. The highest BCUT2D eigenvalue weighted by Gasteiger charge is 2.22. The molecule has 3 aromatic rings. The molecule has 0 bridgehead atoms. The van der Waals surface area contributed by atoms with Crippen LogP contribution in [0.15, 0.2) is 43.0 Å². The van der Waals surface area contributed by atoms with Crippen LogP contribution >= 0.6 is 11.6 Å². The summed E-state index contributed by atoms with van der Waals surface area (Å²) in [6, 6.07) is 8.32. The van der Waals surface area contributed by atoms with Gasteiger partial charge in [0.1, 0.15) is 6.33 Å². The predicted octanol–water partition coefficient (Wildman–Crippen LogP) is 2.23. The van der Waals surface area contributed by atoms with Crippen LogP contribution < -0.4 is 4.90 Å². The highest BCUT2D eigenvalue weighted by atomic mass is 35.5. The average molecular weight is 299 g/mol. The van der Waals surface area contributed by atoms with Gasteiger partial charge in [-0.3, -0.25) is 4.57 Å². The fourth-order valence-corrected chi connectivity index (χ4v) is 2.59. The smallest absolute Gasteiger partial charge is 0.241 e. The first-order valence-electron chi connectivity index (χ1n) is 6.51. The lowest BCUT2D eigenvalue weighted by Gasteiger charge is -2.15. The topological polar surface area (TPSA) is 59.7 Å². The van der Waals surface area contributed by atoms with Gasteiger partial charge in [-0.25, -0.2) is 4.98 Å². The average Bonchev–Trinajstić information content (AvgIpc) is 3.16. The van der Waals surface area contributed by atoms with E-state index in [1.165, 1.54) is 11.1 Å². The molecular weight excluding hydrogens is 288 g/mol. The van der Waals surface area contributed by atoms with E-state index in [1.54, 1.807) is 23.3 Å². The van der Waals surface area contributed by atoms with Gasteiger partial charge in [0.15, 0.2) is 0 Å². The zero-order chi connectivity index (χ0) is 14.2. The van der Waals surface area contributed by atoms with E-state index in [9.17, 15) is 0 Å². The van der Waals surface area contributed by atoms with Gasteiger partial charge < -0.3 is 4.90 Å². The second kappa shape index (κ2) is 4.82. The maximum atomic E-state index is 6.03. The van der Waals surface area contributed by atoms with E-state index < -0.39 is 0 Å². The molecule has 0 atom stereocenters. The molecular formula is C14H11ClN6. The normalized spacial score (nSPS) is 13.5. The molecule has 0 N–H and O–H groups in total. The maximum absolute atomic E-state index is 6.03. The summed E-state index contributed by atoms with van der Waals surface area (Å²) in [4.78, 5) is 18.9. The predicted molar refractivity (Wildman–Crippen MR) is 78.3 cm³/mol. The minimum absolute atomic E-state index is 0.180. The van der Waals surface area contributed by atoms with Gasteiger partial charge in [-0.2, -0.15) is 15.0 Å². The molecule has 0 amide bonds. The van der Waals surface area contributed by atoms with Crippen LogP contribution in [0.2, 0.25) is 5.28 Å². The van der Waals surface area contributed by atoms with Gasteiger partial charge in [0.05, 0.1) is 0 Å². The molecule has 0 radical (unpaired) electrons. The Balaban J connectivity index is 1.71. The molecule has 6 nitrogen and oxygen atoms in total. The lowest BCUT2D eigenvalue weighted by molar-refractivity contribution is 0.796. The molecule has 2 aromatic heterocycles. The highest BCUT2D eigenvalue weighted by Crippen LogP contribution is 2.26. The summed E-state index contributed by atoms with van der Waals surface area (Å²) in [6.45, 7) is 1.56. The Labute approximate surface area is 126 Å². The van der Waals surface area contributed by atoms with Crippen LogP contribution in [0.5, 0.6) is 0 Å². The van der Waals surface area contributed by atoms with Crippen LogP contribution in [0.4, 0.5) is 5.95 Å². The number of hydrogen-bond acceptors (Lipinski definition) is 5. The van der Waals surface area contributed by atoms with Gasteiger partial charge in [-0.15, -0.1) is 0 Å². The third-order valence-corrected chi connectivity index (χ3v) is 3.61. The molecule has 0 fully saturated rings. The third kappa shape index (κ3) is 2.23. The molecule has 1 aliphatic rings. The van der Waals surface area contributed by atoms with Crippen molar-refractivity contribution in [1.29, 1.82) is 0 Å². The van der Waals surface area contributed by atoms with E-state index in [-0.39, 0.29) is 5.28 Å². The van der Waals surface area contributed by atoms with Crippen LogP contribution in [0.3, 0.4) is 0 Å². The van der Waals surface area contributed by atoms with Crippen LogP contribution in [-0.4, -0.2) is 24.5 Å². The van der Waals surface area contributed by atoms with Crippen molar-refractivity contribution >= 4 is 17.5 Å². The number of imidazole rings is 1. The summed E-state index contributed by atoms with van der Waals surface area (Å²) < 4.78 is 1.71. The summed E-state index contributed by atoms with van der Waals surface area (Å²) in [7, 11) is 0. The molecule has 1 aromatic carbocycles. The van der Waals surface area contributed by atoms with Crippen LogP contribution in [0, 0.1) is 0 Å². The lowest BCUT2D eigenvalue weighted by atomic mass is 10.1. The Hall–Kier alpha value is -2.47. The fraction of sp³-hybridized carbons (Fsp3) is 0.143. The van der Waals surface area contributed by atoms with Gasteiger partial charge >= 0.3 is 0 Å². The highest BCUT2D eigenvalue weighted by molar-refractivity contribution is 6.28. The van der Waals surface area contributed by atoms with E-state index in [0.717, 1.165) is 13.1 Å². The molecule has 104 valence electrons. The second-order valence-electron chi connectivity index (χ2n) is 4.80. The second-order valence-corrected chi connectivity index (χ2v) is 5.14. The number of benzene rings is 1. The van der Waals surface area contributed by atoms with Gasteiger partial charge in [-0.05, 0) is 22.7 Å². The van der Waals surface area contributed by atoms with E-state index in [0.29, 0.717) is 11.9 Å². The standard InChI is InChI=1S/C14H11ClN6/c15-12-17-13(20-6-5-16-9-20)19-14(18-12)21-7-10-3-1-2-4-11(10)8-21/h1-6,9H,7-8H2. The Morgan fingerprint density at radius 2 is 1.67 bits per heavy atom. The molecule has 0 aliphatic carbocycles. The molecule has 4 rings (SSSR count). The number of rotatable bonds is 2. The quantitative estimate of drug-likeness (QED) is 0.726. The van der Waals surface area contributed by atoms with Gasteiger partial charge in [0, 0.05) is 25.5 Å². The van der Waals surface area contributed by atoms with Crippen molar-refractivity contribution in [3.63, 3.8) is 0 Å². The van der Waals surface area contributed by atoms with Crippen molar-refractivity contribution in [2.75, 3.05) is 4.90 Å². The Morgan fingerprint density at radius 1 is 0.952 bits per heavy atom. The zero-order valence-corrected chi connectivity index (χ0v) is 11.8. The summed E-state index contributed by atoms with van der Waals surface area (Å²) in [5.74, 6) is 1.05. The maximum Gasteiger partial charge on any atom is 0.241 e. The number of fused-ring (bicyclic) bond motifs is 1. The number of anilines is 1. The summed E-state index contributed by atoms with van der Waals surface area (Å²) in [5.41, 5.74) is 2.58. The SMILES string of the molecule is Clc1nc(N2Cc3ccccc3C2)nc(-n2ccnc2)n1. The fourth-order valence-electron chi connectivity index (χ4n) is 2.44. The number of aromatic nitrogens is 5. The molecule has 0 saturated heterocycles. The third-order valence-electron chi connectivity index (χ3n) is 3.44. The molecule has 0 unspecified atom stereocenters. The number of hydrogen-bond donors (Lipinski definition) is 0. The van der Waals surface area contributed by atoms with Gasteiger partial charge in [-0.1, -0.05) is 24.3 Å². The van der Waals surface area contributed by atoms with Crippen molar-refractivity contribution in [2.45, 2.75) is 13.1 Å². The van der Waals surface area contributed by atoms with Crippen molar-refractivity contribution in [1.82, 2.24) is 24.5 Å². The summed E-state index contributed by atoms with van der Waals surface area (Å²) >= 11 is 6.03. The van der Waals surface area contributed by atoms with E-state index in [4.69, 9.17) is 11.6 Å². The first kappa shape index (κ1) is 12.3. The van der Waals surface area contributed by atoms with Crippen molar-refractivity contribution < 1.29 is 0 Å². The van der Waals surface area contributed by atoms with Crippen LogP contribution in [-0.2, 0) is 13.1 Å². The Kier molecular flexibility index (Phi) is 2.82. The van der Waals surface area contributed by atoms with Crippen molar-refractivity contribution in [3.8, 4) is 5.95 Å². The van der Waals surface area contributed by atoms with E-state index in [1.807, 2.05) is 12.1 Å². The van der Waals surface area contributed by atoms with Crippen molar-refractivity contribution in [3.05, 3.63) is 59.4 Å². The first-order valence-corrected chi connectivity index (χ1v) is 6.89. The van der Waals surface area contributed by atoms with Crippen LogP contribution in [0.25, 0.3) is 5.95 Å². The monoisotopic (exact) mass is 298 g/mol. The first-order chi connectivity index (χ1) is 10.3. The van der Waals surface area contributed by atoms with Gasteiger partial charge in [0.25, 0.3) is 0 Å². The molecule has 0 saturated carbocycles.